The van der Waals surface area contributed by atoms with Crippen molar-refractivity contribution in [2.75, 3.05) is 53.4 Å². The molecule has 0 unspecified atom stereocenters. The molecule has 0 bridgehead atoms. The number of piperazine rings is 1. The van der Waals surface area contributed by atoms with Crippen molar-refractivity contribution in [2.45, 2.75) is 44.7 Å². The van der Waals surface area contributed by atoms with Gasteiger partial charge in [-0.25, -0.2) is 0 Å². The Morgan fingerprint density at radius 1 is 1.26 bits per heavy atom. The second-order valence-electron chi connectivity index (χ2n) is 7.50. The highest BCUT2D eigenvalue weighted by atomic mass is 127. The molecule has 0 atom stereocenters. The lowest BCUT2D eigenvalue weighted by Gasteiger charge is -2.36. The van der Waals surface area contributed by atoms with Crippen molar-refractivity contribution >= 4 is 29.9 Å². The van der Waals surface area contributed by atoms with E-state index in [1.807, 2.05) is 13.1 Å². The Morgan fingerprint density at radius 2 is 2.00 bits per heavy atom. The number of likely N-dealkylation sites (N-methyl/N-ethyl adjacent to an activating group) is 1. The summed E-state index contributed by atoms with van der Waals surface area (Å²) in [6.45, 7) is 6.94. The number of hydrogen-bond donors (Lipinski definition) is 1. The van der Waals surface area contributed by atoms with Gasteiger partial charge in [0.25, 0.3) is 0 Å². The van der Waals surface area contributed by atoms with Crippen molar-refractivity contribution in [2.24, 2.45) is 4.99 Å². The van der Waals surface area contributed by atoms with E-state index in [0.29, 0.717) is 0 Å². The summed E-state index contributed by atoms with van der Waals surface area (Å²) in [6.07, 6.45) is 8.56. The lowest BCUT2D eigenvalue weighted by molar-refractivity contribution is 0.167. The molecule has 0 aromatic carbocycles. The molecule has 3 rings (SSSR count). The molecule has 1 aliphatic carbocycles. The maximum Gasteiger partial charge on any atom is 0.193 e. The predicted molar refractivity (Wildman–Crippen MR) is 120 cm³/mol. The number of nitrogens with one attached hydrogen (secondary N) is 1. The molecule has 27 heavy (non-hydrogen) atoms. The standard InChI is InChI=1S/C19H34N6O.HI/c1-20-19(21-9-10-23(2)18-6-4-3-5-7-18)25-13-11-24(12-14-25)16-17-8-15-26-22-17;/h8,15,18H,3-7,9-14,16H2,1-2H3,(H,20,21);1H. The number of hydrogen-bond acceptors (Lipinski definition) is 5. The number of nitrogens with zero attached hydrogens (tertiary/aromatic N) is 5. The smallest absolute Gasteiger partial charge is 0.193 e. The van der Waals surface area contributed by atoms with Gasteiger partial charge >= 0.3 is 0 Å². The maximum absolute atomic E-state index is 4.92. The maximum atomic E-state index is 4.92. The van der Waals surface area contributed by atoms with Crippen LogP contribution >= 0.6 is 24.0 Å². The van der Waals surface area contributed by atoms with E-state index < -0.39 is 0 Å². The molecule has 1 N–H and O–H groups in total. The van der Waals surface area contributed by atoms with Gasteiger partial charge in [-0.05, 0) is 19.9 Å². The highest BCUT2D eigenvalue weighted by Gasteiger charge is 2.21. The molecule has 2 fully saturated rings. The second kappa shape index (κ2) is 11.9. The van der Waals surface area contributed by atoms with Gasteiger partial charge in [0.1, 0.15) is 6.26 Å². The summed E-state index contributed by atoms with van der Waals surface area (Å²) in [7, 11) is 4.15. The van der Waals surface area contributed by atoms with Gasteiger partial charge < -0.3 is 19.6 Å². The van der Waals surface area contributed by atoms with Crippen molar-refractivity contribution in [1.29, 1.82) is 0 Å². The molecule has 0 spiro atoms. The third-order valence-corrected chi connectivity index (χ3v) is 5.71. The Morgan fingerprint density at radius 3 is 2.63 bits per heavy atom. The minimum absolute atomic E-state index is 0. The Labute approximate surface area is 180 Å². The number of rotatable bonds is 6. The molecule has 1 aliphatic heterocycles. The normalized spacial score (nSPS) is 20.0. The first kappa shape index (κ1) is 22.4. The zero-order valence-corrected chi connectivity index (χ0v) is 19.1. The van der Waals surface area contributed by atoms with Crippen LogP contribution in [0.25, 0.3) is 0 Å². The average molecular weight is 490 g/mol. The van der Waals surface area contributed by atoms with E-state index in [1.54, 1.807) is 6.26 Å². The average Bonchev–Trinajstić information content (AvgIpc) is 3.20. The van der Waals surface area contributed by atoms with Gasteiger partial charge in [0.2, 0.25) is 0 Å². The third kappa shape index (κ3) is 6.90. The van der Waals surface area contributed by atoms with E-state index in [1.165, 1.54) is 32.1 Å². The summed E-state index contributed by atoms with van der Waals surface area (Å²) in [6, 6.07) is 2.71. The SMILES string of the molecule is CN=C(NCCN(C)C1CCCCC1)N1CCN(Cc2ccon2)CC1.I. The molecule has 1 saturated heterocycles. The van der Waals surface area contributed by atoms with Crippen molar-refractivity contribution in [3.05, 3.63) is 18.0 Å². The Hall–Kier alpha value is -0.870. The first-order valence-corrected chi connectivity index (χ1v) is 10.0. The van der Waals surface area contributed by atoms with Crippen LogP contribution in [0.2, 0.25) is 0 Å². The van der Waals surface area contributed by atoms with E-state index in [9.17, 15) is 0 Å². The number of halogens is 1. The van der Waals surface area contributed by atoms with Crippen LogP contribution < -0.4 is 5.32 Å². The van der Waals surface area contributed by atoms with Gasteiger partial charge in [-0.15, -0.1) is 24.0 Å². The molecule has 2 aliphatic rings. The first-order chi connectivity index (χ1) is 12.8. The van der Waals surface area contributed by atoms with Gasteiger partial charge in [-0.2, -0.15) is 0 Å². The van der Waals surface area contributed by atoms with Crippen molar-refractivity contribution in [3.8, 4) is 0 Å². The van der Waals surface area contributed by atoms with Crippen LogP contribution in [0, 0.1) is 0 Å². The van der Waals surface area contributed by atoms with Gasteiger partial charge in [0.05, 0.1) is 5.69 Å². The van der Waals surface area contributed by atoms with E-state index in [4.69, 9.17) is 4.52 Å². The summed E-state index contributed by atoms with van der Waals surface area (Å²) in [5.41, 5.74) is 1.01. The monoisotopic (exact) mass is 490 g/mol. The summed E-state index contributed by atoms with van der Waals surface area (Å²) < 4.78 is 4.92. The van der Waals surface area contributed by atoms with Crippen molar-refractivity contribution in [3.63, 3.8) is 0 Å². The van der Waals surface area contributed by atoms with Crippen LogP contribution in [-0.2, 0) is 6.54 Å². The lowest BCUT2D eigenvalue weighted by Crippen LogP contribution is -2.53. The van der Waals surface area contributed by atoms with Crippen LogP contribution in [0.3, 0.4) is 0 Å². The molecule has 7 nitrogen and oxygen atoms in total. The molecule has 2 heterocycles. The van der Waals surface area contributed by atoms with Gasteiger partial charge in [-0.1, -0.05) is 24.4 Å². The van der Waals surface area contributed by atoms with E-state index in [-0.39, 0.29) is 24.0 Å². The van der Waals surface area contributed by atoms with Crippen molar-refractivity contribution < 1.29 is 4.52 Å². The fourth-order valence-electron chi connectivity index (χ4n) is 4.05. The molecular weight excluding hydrogens is 455 g/mol. The van der Waals surface area contributed by atoms with E-state index >= 15 is 0 Å². The Kier molecular flexibility index (Phi) is 9.84. The fourth-order valence-corrected chi connectivity index (χ4v) is 4.05. The largest absolute Gasteiger partial charge is 0.364 e. The Bertz CT molecular complexity index is 538. The minimum atomic E-state index is 0. The first-order valence-electron chi connectivity index (χ1n) is 10.0. The zero-order chi connectivity index (χ0) is 18.2. The van der Waals surface area contributed by atoms with Gasteiger partial charge in [0, 0.05) is 65.0 Å². The molecule has 1 saturated carbocycles. The summed E-state index contributed by atoms with van der Waals surface area (Å²) in [4.78, 5) is 11.8. The molecule has 1 aromatic heterocycles. The van der Waals surface area contributed by atoms with Gasteiger partial charge in [0.15, 0.2) is 5.96 Å². The number of aromatic nitrogens is 1. The third-order valence-electron chi connectivity index (χ3n) is 5.71. The Balaban J connectivity index is 0.00000261. The summed E-state index contributed by atoms with van der Waals surface area (Å²) >= 11 is 0. The highest BCUT2D eigenvalue weighted by Crippen LogP contribution is 2.21. The topological polar surface area (TPSA) is 60.1 Å². The fraction of sp³-hybridized carbons (Fsp3) is 0.789. The lowest BCUT2D eigenvalue weighted by atomic mass is 9.94. The minimum Gasteiger partial charge on any atom is -0.364 e. The van der Waals surface area contributed by atoms with E-state index in [0.717, 1.165) is 63.5 Å². The second-order valence-corrected chi connectivity index (χ2v) is 7.50. The van der Waals surface area contributed by atoms with E-state index in [2.05, 4.69) is 37.2 Å². The molecule has 154 valence electrons. The molecule has 0 amide bonds. The van der Waals surface area contributed by atoms with Crippen LogP contribution in [-0.4, -0.2) is 85.2 Å². The van der Waals surface area contributed by atoms with Crippen LogP contribution in [0.4, 0.5) is 0 Å². The highest BCUT2D eigenvalue weighted by molar-refractivity contribution is 14.0. The van der Waals surface area contributed by atoms with Crippen LogP contribution in [0.5, 0.6) is 0 Å². The predicted octanol–water partition coefficient (Wildman–Crippen LogP) is 2.25. The zero-order valence-electron chi connectivity index (χ0n) is 16.8. The number of aliphatic imine (C=N–C) groups is 1. The molecule has 1 aromatic rings. The molecule has 0 radical (unpaired) electrons. The number of guanidine groups is 1. The van der Waals surface area contributed by atoms with Crippen LogP contribution in [0.15, 0.2) is 21.8 Å². The van der Waals surface area contributed by atoms with Crippen molar-refractivity contribution in [1.82, 2.24) is 25.2 Å². The summed E-state index contributed by atoms with van der Waals surface area (Å²) in [5, 5.41) is 7.56. The quantitative estimate of drug-likeness (QED) is 0.375. The molecular formula is C19H35IN6O. The molecule has 8 heteroatoms. The summed E-state index contributed by atoms with van der Waals surface area (Å²) in [5.74, 6) is 1.03. The van der Waals surface area contributed by atoms with Crippen LogP contribution in [0.1, 0.15) is 37.8 Å². The van der Waals surface area contributed by atoms with Gasteiger partial charge in [-0.3, -0.25) is 9.89 Å².